The minimum Gasteiger partial charge on any atom is -0.346 e. The van der Waals surface area contributed by atoms with Crippen molar-refractivity contribution in [2.75, 3.05) is 5.32 Å². The maximum Gasteiger partial charge on any atom is 0.272 e. The first-order valence-corrected chi connectivity index (χ1v) is 14.2. The van der Waals surface area contributed by atoms with Crippen LogP contribution in [0.1, 0.15) is 16.1 Å². The van der Waals surface area contributed by atoms with E-state index in [4.69, 9.17) is 0 Å². The highest BCUT2D eigenvalue weighted by molar-refractivity contribution is 6.88. The van der Waals surface area contributed by atoms with Crippen molar-refractivity contribution in [3.8, 4) is 0 Å². The molecule has 2 N–H and O–H groups in total. The molecule has 0 radical (unpaired) electrons. The molecule has 1 amide bonds. The van der Waals surface area contributed by atoms with E-state index < -0.39 is 8.07 Å². The molecule has 0 saturated heterocycles. The molecule has 1 aromatic carbocycles. The summed E-state index contributed by atoms with van der Waals surface area (Å²) < 4.78 is 2.08. The molecule has 0 aliphatic carbocycles. The molecule has 0 spiro atoms. The molecular weight excluding hydrogens is 414 g/mol. The Kier molecular flexibility index (Phi) is 4.90. The summed E-state index contributed by atoms with van der Waals surface area (Å²) in [6.45, 7) is 7.59. The number of pyridine rings is 2. The summed E-state index contributed by atoms with van der Waals surface area (Å²) in [4.78, 5) is 24.9. The maximum absolute atomic E-state index is 13.4. The van der Waals surface area contributed by atoms with Crippen molar-refractivity contribution in [2.24, 2.45) is 0 Å². The van der Waals surface area contributed by atoms with Crippen molar-refractivity contribution < 1.29 is 4.79 Å². The van der Waals surface area contributed by atoms with Crippen LogP contribution >= 0.6 is 0 Å². The monoisotopic (exact) mass is 439 g/mol. The van der Waals surface area contributed by atoms with E-state index in [1.165, 1.54) is 5.19 Å². The van der Waals surface area contributed by atoms with Crippen LogP contribution in [0.2, 0.25) is 19.6 Å². The summed E-state index contributed by atoms with van der Waals surface area (Å²) in [5.41, 5.74) is 4.24. The number of hydrogen-bond donors (Lipinski definition) is 2. The fraction of sp³-hybridized carbons (Fsp3) is 0.160. The van der Waals surface area contributed by atoms with Gasteiger partial charge in [-0.1, -0.05) is 37.0 Å². The van der Waals surface area contributed by atoms with Gasteiger partial charge in [-0.3, -0.25) is 9.78 Å². The van der Waals surface area contributed by atoms with Crippen molar-refractivity contribution in [2.45, 2.75) is 26.2 Å². The second kappa shape index (κ2) is 7.76. The largest absolute Gasteiger partial charge is 0.346 e. The van der Waals surface area contributed by atoms with E-state index >= 15 is 0 Å². The fourth-order valence-electron chi connectivity index (χ4n) is 3.97. The van der Waals surface area contributed by atoms with E-state index in [2.05, 4.69) is 62.7 Å². The Hall–Kier alpha value is -3.71. The number of rotatable bonds is 5. The lowest BCUT2D eigenvalue weighted by atomic mass is 10.2. The molecule has 4 aromatic heterocycles. The predicted octanol–water partition coefficient (Wildman–Crippen LogP) is 4.76. The van der Waals surface area contributed by atoms with Gasteiger partial charge in [0, 0.05) is 41.4 Å². The zero-order chi connectivity index (χ0) is 22.3. The Morgan fingerprint density at radius 2 is 1.84 bits per heavy atom. The molecule has 0 atom stereocenters. The normalized spacial score (nSPS) is 11.8. The number of carbonyl (C=O) groups is 1. The van der Waals surface area contributed by atoms with Gasteiger partial charge in [-0.15, -0.1) is 0 Å². The number of amides is 1. The van der Waals surface area contributed by atoms with Gasteiger partial charge in [-0.25, -0.2) is 4.98 Å². The summed E-state index contributed by atoms with van der Waals surface area (Å²) in [5.74, 6) is -0.151. The van der Waals surface area contributed by atoms with Crippen LogP contribution in [-0.2, 0) is 6.54 Å². The average molecular weight is 440 g/mol. The van der Waals surface area contributed by atoms with Gasteiger partial charge in [0.2, 0.25) is 0 Å². The number of H-pyrrole nitrogens is 1. The Labute approximate surface area is 187 Å². The number of anilines is 1. The van der Waals surface area contributed by atoms with E-state index in [1.807, 2.05) is 36.5 Å². The van der Waals surface area contributed by atoms with Crippen molar-refractivity contribution in [3.05, 3.63) is 84.6 Å². The van der Waals surface area contributed by atoms with Crippen molar-refractivity contribution in [3.63, 3.8) is 0 Å². The number of aromatic amines is 1. The van der Waals surface area contributed by atoms with Gasteiger partial charge < -0.3 is 14.9 Å². The Morgan fingerprint density at radius 3 is 2.62 bits per heavy atom. The quantitative estimate of drug-likeness (QED) is 0.388. The van der Waals surface area contributed by atoms with Gasteiger partial charge >= 0.3 is 0 Å². The lowest BCUT2D eigenvalue weighted by Gasteiger charge is -2.17. The summed E-state index contributed by atoms with van der Waals surface area (Å²) in [7, 11) is -1.47. The van der Waals surface area contributed by atoms with Gasteiger partial charge in [0.25, 0.3) is 5.91 Å². The lowest BCUT2D eigenvalue weighted by molar-refractivity contribution is 0.101. The van der Waals surface area contributed by atoms with E-state index in [0.717, 1.165) is 27.5 Å². The molecule has 4 heterocycles. The van der Waals surface area contributed by atoms with E-state index in [-0.39, 0.29) is 5.91 Å². The highest BCUT2D eigenvalue weighted by atomic mass is 28.3. The van der Waals surface area contributed by atoms with Crippen molar-refractivity contribution in [1.82, 2.24) is 19.5 Å². The van der Waals surface area contributed by atoms with Crippen LogP contribution in [0.15, 0.2) is 73.3 Å². The first-order chi connectivity index (χ1) is 15.4. The zero-order valence-electron chi connectivity index (χ0n) is 18.4. The van der Waals surface area contributed by atoms with Crippen LogP contribution in [0.3, 0.4) is 0 Å². The van der Waals surface area contributed by atoms with Crippen LogP contribution in [-0.4, -0.2) is 33.5 Å². The third kappa shape index (κ3) is 3.83. The molecule has 32 heavy (non-hydrogen) atoms. The minimum absolute atomic E-state index is 0.151. The molecule has 5 rings (SSSR count). The Morgan fingerprint density at radius 1 is 1.03 bits per heavy atom. The van der Waals surface area contributed by atoms with E-state index in [9.17, 15) is 4.79 Å². The Bertz CT molecular complexity index is 1430. The highest BCUT2D eigenvalue weighted by Gasteiger charge is 2.20. The van der Waals surface area contributed by atoms with E-state index in [0.29, 0.717) is 17.9 Å². The van der Waals surface area contributed by atoms with Gasteiger partial charge in [0.1, 0.15) is 11.3 Å². The maximum atomic E-state index is 13.4. The molecule has 0 bridgehead atoms. The summed E-state index contributed by atoms with van der Waals surface area (Å²) in [6, 6.07) is 16.4. The second-order valence-electron chi connectivity index (χ2n) is 9.09. The minimum atomic E-state index is -1.47. The number of benzene rings is 1. The van der Waals surface area contributed by atoms with Gasteiger partial charge in [0.05, 0.1) is 20.0 Å². The SMILES string of the molecule is C[Si](C)(C)c1ccc2c(c1)cc(C(=O)Nc1cnc3[nH]ccc3c1)n2Cc1ccncc1. The smallest absolute Gasteiger partial charge is 0.272 e. The predicted molar refractivity (Wildman–Crippen MR) is 132 cm³/mol. The van der Waals surface area contributed by atoms with Crippen LogP contribution in [0, 0.1) is 0 Å². The molecule has 5 aromatic rings. The van der Waals surface area contributed by atoms with Crippen molar-refractivity contribution in [1.29, 1.82) is 0 Å². The zero-order valence-corrected chi connectivity index (χ0v) is 19.4. The molecular formula is C25H25N5OSi. The number of nitrogens with zero attached hydrogens (tertiary/aromatic N) is 3. The fourth-order valence-corrected chi connectivity index (χ4v) is 5.14. The average Bonchev–Trinajstić information content (AvgIpc) is 3.38. The van der Waals surface area contributed by atoms with Crippen LogP contribution < -0.4 is 10.5 Å². The van der Waals surface area contributed by atoms with Crippen LogP contribution in [0.5, 0.6) is 0 Å². The van der Waals surface area contributed by atoms with Crippen molar-refractivity contribution >= 4 is 46.8 Å². The molecule has 6 nitrogen and oxygen atoms in total. The summed E-state index contributed by atoms with van der Waals surface area (Å²) in [5, 5.41) is 6.45. The molecule has 0 aliphatic rings. The molecule has 0 aliphatic heterocycles. The van der Waals surface area contributed by atoms with Crippen LogP contribution in [0.4, 0.5) is 5.69 Å². The second-order valence-corrected chi connectivity index (χ2v) is 14.2. The number of aromatic nitrogens is 4. The molecule has 0 saturated carbocycles. The third-order valence-electron chi connectivity index (χ3n) is 5.75. The highest BCUT2D eigenvalue weighted by Crippen LogP contribution is 2.23. The van der Waals surface area contributed by atoms with Gasteiger partial charge in [-0.2, -0.15) is 0 Å². The summed E-state index contributed by atoms with van der Waals surface area (Å²) in [6.07, 6.45) is 7.07. The first-order valence-electron chi connectivity index (χ1n) is 10.7. The first kappa shape index (κ1) is 20.2. The number of carbonyl (C=O) groups excluding carboxylic acids is 1. The molecule has 160 valence electrons. The standard InChI is InChI=1S/C25H25N5OSi/c1-32(2,3)21-4-5-22-19(13-21)14-23(30(22)16-17-6-9-26-10-7-17)25(31)29-20-12-18-8-11-27-24(18)28-15-20/h4-15H,16H2,1-3H3,(H,27,28)(H,29,31). The Balaban J connectivity index is 1.57. The lowest BCUT2D eigenvalue weighted by Crippen LogP contribution is -2.37. The number of nitrogens with one attached hydrogen (secondary N) is 2. The number of fused-ring (bicyclic) bond motifs is 2. The molecule has 0 unspecified atom stereocenters. The molecule has 0 fully saturated rings. The topological polar surface area (TPSA) is 75.6 Å². The van der Waals surface area contributed by atoms with Gasteiger partial charge in [0.15, 0.2) is 0 Å². The van der Waals surface area contributed by atoms with E-state index in [1.54, 1.807) is 18.6 Å². The van der Waals surface area contributed by atoms with Crippen LogP contribution in [0.25, 0.3) is 21.9 Å². The third-order valence-corrected chi connectivity index (χ3v) is 7.79. The summed E-state index contributed by atoms with van der Waals surface area (Å²) >= 11 is 0. The number of hydrogen-bond acceptors (Lipinski definition) is 3. The molecule has 7 heteroatoms. The van der Waals surface area contributed by atoms with Gasteiger partial charge in [-0.05, 0) is 42.0 Å².